The maximum absolute atomic E-state index is 14.3. The Morgan fingerprint density at radius 1 is 1.16 bits per heavy atom. The molecule has 0 radical (unpaired) electrons. The van der Waals surface area contributed by atoms with Gasteiger partial charge in [-0.1, -0.05) is 0 Å². The highest BCUT2D eigenvalue weighted by Gasteiger charge is 2.23. The van der Waals surface area contributed by atoms with Crippen molar-refractivity contribution in [1.82, 2.24) is 20.6 Å². The van der Waals surface area contributed by atoms with E-state index in [9.17, 15) is 18.4 Å². The van der Waals surface area contributed by atoms with E-state index in [1.54, 1.807) is 0 Å². The minimum atomic E-state index is -0.759. The van der Waals surface area contributed by atoms with Crippen molar-refractivity contribution < 1.29 is 18.4 Å². The number of carbonyl (C=O) groups is 2. The molecule has 1 fully saturated rings. The van der Waals surface area contributed by atoms with Crippen LogP contribution >= 0.6 is 11.3 Å². The van der Waals surface area contributed by atoms with E-state index in [4.69, 9.17) is 0 Å². The van der Waals surface area contributed by atoms with Crippen LogP contribution in [0.1, 0.15) is 23.2 Å². The number of urea groups is 1. The standard InChI is InChI=1S/C21H20F2N6O2S/c22-12-3-4-14(16(23)8-12)17-9-15(19(30)27-13-2-1-5-24-10-13)20(32-17)29-21(31)28-18-11-25-6-7-26-18/h3-4,6-9,11,13,24H,1-2,5,10H2,(H,27,30)(H2,26,28,29,31)/t13-/m0/s1. The monoisotopic (exact) mass is 458 g/mol. The second kappa shape index (κ2) is 9.79. The van der Waals surface area contributed by atoms with E-state index in [0.717, 1.165) is 42.9 Å². The summed E-state index contributed by atoms with van der Waals surface area (Å²) in [5.41, 5.74) is 0.320. The van der Waals surface area contributed by atoms with E-state index in [1.807, 2.05) is 0 Å². The zero-order valence-corrected chi connectivity index (χ0v) is 17.6. The molecule has 3 amide bonds. The van der Waals surface area contributed by atoms with Crippen LogP contribution in [0.15, 0.2) is 42.9 Å². The number of carbonyl (C=O) groups excluding carboxylic acids is 2. The fourth-order valence-electron chi connectivity index (χ4n) is 3.33. The van der Waals surface area contributed by atoms with Gasteiger partial charge in [0.2, 0.25) is 0 Å². The third-order valence-electron chi connectivity index (χ3n) is 4.84. The first kappa shape index (κ1) is 21.8. The summed E-state index contributed by atoms with van der Waals surface area (Å²) in [5, 5.41) is 11.5. The first-order chi connectivity index (χ1) is 15.5. The number of amides is 3. The third-order valence-corrected chi connectivity index (χ3v) is 5.92. The number of hydrogen-bond acceptors (Lipinski definition) is 6. The molecule has 3 aromatic rings. The van der Waals surface area contributed by atoms with Crippen LogP contribution in [0.5, 0.6) is 0 Å². The van der Waals surface area contributed by atoms with E-state index in [1.165, 1.54) is 30.7 Å². The van der Waals surface area contributed by atoms with E-state index in [0.29, 0.717) is 11.4 Å². The maximum Gasteiger partial charge on any atom is 0.325 e. The van der Waals surface area contributed by atoms with Crippen LogP contribution in [0, 0.1) is 11.6 Å². The van der Waals surface area contributed by atoms with E-state index < -0.39 is 23.6 Å². The number of benzene rings is 1. The van der Waals surface area contributed by atoms with E-state index >= 15 is 0 Å². The first-order valence-electron chi connectivity index (χ1n) is 9.94. The Morgan fingerprint density at radius 2 is 2.03 bits per heavy atom. The second-order valence-corrected chi connectivity index (χ2v) is 8.22. The van der Waals surface area contributed by atoms with Crippen LogP contribution in [0.4, 0.5) is 24.4 Å². The molecule has 0 saturated carbocycles. The lowest BCUT2D eigenvalue weighted by Gasteiger charge is -2.23. The van der Waals surface area contributed by atoms with Crippen molar-refractivity contribution in [1.29, 1.82) is 0 Å². The van der Waals surface area contributed by atoms with Crippen molar-refractivity contribution in [3.8, 4) is 10.4 Å². The van der Waals surface area contributed by atoms with Crippen LogP contribution in [-0.2, 0) is 0 Å². The molecule has 0 unspecified atom stereocenters. The summed E-state index contributed by atoms with van der Waals surface area (Å²) >= 11 is 1.01. The Morgan fingerprint density at radius 3 is 2.75 bits per heavy atom. The SMILES string of the molecule is O=C(Nc1cnccn1)Nc1sc(-c2ccc(F)cc2F)cc1C(=O)N[C@H]1CCCNC1. The smallest absolute Gasteiger partial charge is 0.325 e. The van der Waals surface area contributed by atoms with Crippen LogP contribution in [-0.4, -0.2) is 41.0 Å². The normalized spacial score (nSPS) is 15.8. The average molecular weight is 458 g/mol. The van der Waals surface area contributed by atoms with Crippen molar-refractivity contribution >= 4 is 34.1 Å². The predicted octanol–water partition coefficient (Wildman–Crippen LogP) is 3.61. The molecular formula is C21H20F2N6O2S. The van der Waals surface area contributed by atoms with Crippen LogP contribution < -0.4 is 21.3 Å². The highest BCUT2D eigenvalue weighted by atomic mass is 32.1. The largest absolute Gasteiger partial charge is 0.348 e. The molecule has 8 nitrogen and oxygen atoms in total. The lowest BCUT2D eigenvalue weighted by molar-refractivity contribution is 0.0932. The number of halogens is 2. The summed E-state index contributed by atoms with van der Waals surface area (Å²) in [4.78, 5) is 33.6. The summed E-state index contributed by atoms with van der Waals surface area (Å²) in [6.45, 7) is 1.54. The number of hydrogen-bond donors (Lipinski definition) is 4. The predicted molar refractivity (Wildman–Crippen MR) is 118 cm³/mol. The van der Waals surface area contributed by atoms with Crippen LogP contribution in [0.25, 0.3) is 10.4 Å². The summed E-state index contributed by atoms with van der Waals surface area (Å²) in [7, 11) is 0. The molecule has 4 N–H and O–H groups in total. The molecule has 2 aromatic heterocycles. The Labute approximate surface area is 186 Å². The van der Waals surface area contributed by atoms with Gasteiger partial charge >= 0.3 is 6.03 Å². The minimum Gasteiger partial charge on any atom is -0.348 e. The van der Waals surface area contributed by atoms with E-state index in [-0.39, 0.29) is 28.0 Å². The molecule has 1 aliphatic rings. The maximum atomic E-state index is 14.3. The molecule has 0 spiro atoms. The second-order valence-electron chi connectivity index (χ2n) is 7.16. The van der Waals surface area contributed by atoms with Crippen molar-refractivity contribution in [2.45, 2.75) is 18.9 Å². The molecule has 4 rings (SSSR count). The molecule has 1 atom stereocenters. The fourth-order valence-corrected chi connectivity index (χ4v) is 4.40. The number of anilines is 2. The van der Waals surface area contributed by atoms with Gasteiger partial charge in [0, 0.05) is 41.5 Å². The molecule has 166 valence electrons. The molecule has 1 aromatic carbocycles. The van der Waals surface area contributed by atoms with Crippen molar-refractivity contribution in [2.75, 3.05) is 23.7 Å². The first-order valence-corrected chi connectivity index (χ1v) is 10.8. The van der Waals surface area contributed by atoms with Gasteiger partial charge < -0.3 is 10.6 Å². The number of aromatic nitrogens is 2. The molecule has 0 bridgehead atoms. The number of piperidine rings is 1. The topological polar surface area (TPSA) is 108 Å². The quantitative estimate of drug-likeness (QED) is 0.467. The number of nitrogens with one attached hydrogen (secondary N) is 4. The molecule has 1 aliphatic heterocycles. The number of thiophene rings is 1. The summed E-state index contributed by atoms with van der Waals surface area (Å²) < 4.78 is 27.7. The molecule has 1 saturated heterocycles. The van der Waals surface area contributed by atoms with E-state index in [2.05, 4.69) is 31.2 Å². The zero-order chi connectivity index (χ0) is 22.5. The van der Waals surface area contributed by atoms with Crippen LogP contribution in [0.2, 0.25) is 0 Å². The summed E-state index contributed by atoms with van der Waals surface area (Å²) in [5.74, 6) is -1.62. The average Bonchev–Trinajstić information content (AvgIpc) is 3.18. The number of nitrogens with zero attached hydrogens (tertiary/aromatic N) is 2. The number of rotatable bonds is 5. The summed E-state index contributed by atoms with van der Waals surface area (Å²) in [6.07, 6.45) is 6.03. The van der Waals surface area contributed by atoms with Gasteiger partial charge in [0.05, 0.1) is 11.8 Å². The Bertz CT molecular complexity index is 1120. The van der Waals surface area contributed by atoms with Gasteiger partial charge in [-0.3, -0.25) is 20.4 Å². The van der Waals surface area contributed by atoms with Gasteiger partial charge in [-0.15, -0.1) is 11.3 Å². The minimum absolute atomic E-state index is 0.0524. The highest BCUT2D eigenvalue weighted by molar-refractivity contribution is 7.20. The van der Waals surface area contributed by atoms with Crippen LogP contribution in [0.3, 0.4) is 0 Å². The Hall–Kier alpha value is -3.44. The van der Waals surface area contributed by atoms with Gasteiger partial charge in [-0.05, 0) is 37.6 Å². The lowest BCUT2D eigenvalue weighted by atomic mass is 10.1. The summed E-state index contributed by atoms with van der Waals surface area (Å²) in [6, 6.07) is 4.02. The fraction of sp³-hybridized carbons (Fsp3) is 0.238. The Kier molecular flexibility index (Phi) is 6.66. The zero-order valence-electron chi connectivity index (χ0n) is 16.8. The molecule has 3 heterocycles. The molecule has 32 heavy (non-hydrogen) atoms. The van der Waals surface area contributed by atoms with Crippen molar-refractivity contribution in [2.24, 2.45) is 0 Å². The Balaban J connectivity index is 1.60. The van der Waals surface area contributed by atoms with Gasteiger partial charge in [0.15, 0.2) is 5.82 Å². The molecular weight excluding hydrogens is 438 g/mol. The highest BCUT2D eigenvalue weighted by Crippen LogP contribution is 2.37. The third kappa shape index (κ3) is 5.24. The van der Waals surface area contributed by atoms with Gasteiger partial charge in [0.25, 0.3) is 5.91 Å². The van der Waals surface area contributed by atoms with Gasteiger partial charge in [-0.25, -0.2) is 18.6 Å². The molecule has 11 heteroatoms. The lowest BCUT2D eigenvalue weighted by Crippen LogP contribution is -2.45. The van der Waals surface area contributed by atoms with Crippen molar-refractivity contribution in [3.63, 3.8) is 0 Å². The molecule has 0 aliphatic carbocycles. The van der Waals surface area contributed by atoms with Crippen molar-refractivity contribution in [3.05, 3.63) is 60.1 Å². The van der Waals surface area contributed by atoms with Gasteiger partial charge in [-0.2, -0.15) is 0 Å². The van der Waals surface area contributed by atoms with Gasteiger partial charge in [0.1, 0.15) is 16.6 Å².